The van der Waals surface area contributed by atoms with Crippen molar-refractivity contribution in [3.05, 3.63) is 78.1 Å². The quantitative estimate of drug-likeness (QED) is 0.747. The van der Waals surface area contributed by atoms with E-state index in [2.05, 4.69) is 0 Å². The Labute approximate surface area is 137 Å². The van der Waals surface area contributed by atoms with Crippen molar-refractivity contribution in [1.82, 2.24) is 0 Å². The van der Waals surface area contributed by atoms with Crippen molar-refractivity contribution in [2.24, 2.45) is 0 Å². The number of fused-ring (bicyclic) bond motifs is 1. The highest BCUT2D eigenvalue weighted by atomic mass is 19.1. The molecule has 1 saturated heterocycles. The zero-order chi connectivity index (χ0) is 16.7. The van der Waals surface area contributed by atoms with Crippen molar-refractivity contribution in [3.63, 3.8) is 0 Å². The molecule has 0 bridgehead atoms. The smallest absolute Gasteiger partial charge is 0.421 e. The third-order valence-corrected chi connectivity index (χ3v) is 4.05. The van der Waals surface area contributed by atoms with Gasteiger partial charge in [0, 0.05) is 5.56 Å². The van der Waals surface area contributed by atoms with Crippen LogP contribution in [-0.4, -0.2) is 11.9 Å². The van der Waals surface area contributed by atoms with Crippen LogP contribution in [0.1, 0.15) is 11.7 Å². The molecule has 5 heteroatoms. The van der Waals surface area contributed by atoms with E-state index in [1.807, 2.05) is 42.5 Å². The van der Waals surface area contributed by atoms with Gasteiger partial charge in [-0.05, 0) is 41.1 Å². The zero-order valence-electron chi connectivity index (χ0n) is 12.6. The van der Waals surface area contributed by atoms with E-state index >= 15 is 0 Å². The fraction of sp³-hybridized carbons (Fsp3) is 0.0526. The van der Waals surface area contributed by atoms with E-state index in [-0.39, 0.29) is 5.84 Å². The second-order valence-corrected chi connectivity index (χ2v) is 5.57. The van der Waals surface area contributed by atoms with Crippen molar-refractivity contribution in [2.75, 3.05) is 4.90 Å². The van der Waals surface area contributed by atoms with Crippen molar-refractivity contribution in [2.45, 2.75) is 6.10 Å². The van der Waals surface area contributed by atoms with Gasteiger partial charge in [0.25, 0.3) is 0 Å². The first-order valence-electron chi connectivity index (χ1n) is 7.47. The van der Waals surface area contributed by atoms with Crippen LogP contribution >= 0.6 is 0 Å². The Kier molecular flexibility index (Phi) is 3.27. The number of hydrogen-bond donors (Lipinski definition) is 1. The number of halogens is 1. The largest absolute Gasteiger partial charge is 0.432 e. The number of rotatable bonds is 2. The van der Waals surface area contributed by atoms with Gasteiger partial charge in [-0.3, -0.25) is 5.41 Å². The Morgan fingerprint density at radius 1 is 0.958 bits per heavy atom. The number of benzene rings is 3. The molecule has 4 rings (SSSR count). The third-order valence-electron chi connectivity index (χ3n) is 4.05. The molecule has 0 aliphatic carbocycles. The molecular weight excluding hydrogens is 307 g/mol. The van der Waals surface area contributed by atoms with E-state index < -0.39 is 18.0 Å². The Morgan fingerprint density at radius 3 is 2.42 bits per heavy atom. The van der Waals surface area contributed by atoms with Gasteiger partial charge in [0.05, 0.1) is 5.69 Å². The van der Waals surface area contributed by atoms with Gasteiger partial charge in [-0.1, -0.05) is 36.4 Å². The lowest BCUT2D eigenvalue weighted by Crippen LogP contribution is -2.28. The standard InChI is InChI=1S/C19H13FN2O2/c20-15-7-9-16(10-8-15)22-18(21)17(24-19(22)23)14-6-5-12-3-1-2-4-13(12)11-14/h1-11,17,21H. The van der Waals surface area contributed by atoms with Crippen molar-refractivity contribution < 1.29 is 13.9 Å². The minimum Gasteiger partial charge on any atom is -0.432 e. The Hall–Kier alpha value is -3.21. The lowest BCUT2D eigenvalue weighted by Gasteiger charge is -2.14. The number of cyclic esters (lactones) is 1. The van der Waals surface area contributed by atoms with E-state index in [0.29, 0.717) is 5.69 Å². The van der Waals surface area contributed by atoms with E-state index in [1.54, 1.807) is 0 Å². The summed E-state index contributed by atoms with van der Waals surface area (Å²) in [6.07, 6.45) is -1.41. The number of nitrogens with zero attached hydrogens (tertiary/aromatic N) is 1. The summed E-state index contributed by atoms with van der Waals surface area (Å²) in [5.41, 5.74) is 1.14. The van der Waals surface area contributed by atoms with Crippen LogP contribution in [0.15, 0.2) is 66.7 Å². The number of anilines is 1. The van der Waals surface area contributed by atoms with E-state index in [1.165, 1.54) is 24.3 Å². The Morgan fingerprint density at radius 2 is 1.67 bits per heavy atom. The van der Waals surface area contributed by atoms with Crippen LogP contribution in [0.5, 0.6) is 0 Å². The molecule has 1 aliphatic heterocycles. The molecule has 4 nitrogen and oxygen atoms in total. The molecule has 0 saturated carbocycles. The molecule has 1 N–H and O–H groups in total. The maximum absolute atomic E-state index is 13.1. The van der Waals surface area contributed by atoms with E-state index in [0.717, 1.165) is 21.2 Å². The van der Waals surface area contributed by atoms with Crippen LogP contribution in [0.4, 0.5) is 14.9 Å². The maximum Gasteiger partial charge on any atom is 0.421 e. The first kappa shape index (κ1) is 14.4. The molecule has 1 fully saturated rings. The number of carbonyl (C=O) groups is 1. The third kappa shape index (κ3) is 2.31. The van der Waals surface area contributed by atoms with Gasteiger partial charge in [-0.25, -0.2) is 14.1 Å². The second-order valence-electron chi connectivity index (χ2n) is 5.57. The van der Waals surface area contributed by atoms with E-state index in [9.17, 15) is 9.18 Å². The fourth-order valence-corrected chi connectivity index (χ4v) is 2.86. The van der Waals surface area contributed by atoms with Gasteiger partial charge in [0.1, 0.15) is 5.82 Å². The number of nitrogens with one attached hydrogen (secondary N) is 1. The predicted molar refractivity (Wildman–Crippen MR) is 89.8 cm³/mol. The summed E-state index contributed by atoms with van der Waals surface area (Å²) in [4.78, 5) is 13.3. The summed E-state index contributed by atoms with van der Waals surface area (Å²) < 4.78 is 18.4. The van der Waals surface area contributed by atoms with Crippen LogP contribution in [0.3, 0.4) is 0 Å². The van der Waals surface area contributed by atoms with Gasteiger partial charge in [-0.2, -0.15) is 0 Å². The molecule has 3 aromatic carbocycles. The van der Waals surface area contributed by atoms with Gasteiger partial charge in [0.2, 0.25) is 0 Å². The maximum atomic E-state index is 13.1. The Balaban J connectivity index is 1.70. The molecule has 1 heterocycles. The van der Waals surface area contributed by atoms with Crippen LogP contribution in [0.2, 0.25) is 0 Å². The van der Waals surface area contributed by atoms with Gasteiger partial charge < -0.3 is 4.74 Å². The average molecular weight is 320 g/mol. The predicted octanol–water partition coefficient (Wildman–Crippen LogP) is 4.65. The number of amides is 1. The lowest BCUT2D eigenvalue weighted by atomic mass is 10.0. The minimum absolute atomic E-state index is 0.0156. The van der Waals surface area contributed by atoms with Crippen LogP contribution in [0, 0.1) is 11.2 Å². The molecule has 3 aromatic rings. The number of ether oxygens (including phenoxy) is 1. The summed E-state index contributed by atoms with van der Waals surface area (Å²) in [6.45, 7) is 0. The monoisotopic (exact) mass is 320 g/mol. The molecule has 1 unspecified atom stereocenters. The summed E-state index contributed by atoms with van der Waals surface area (Å²) in [5.74, 6) is -0.384. The van der Waals surface area contributed by atoms with Gasteiger partial charge >= 0.3 is 6.09 Å². The summed E-state index contributed by atoms with van der Waals surface area (Å²) in [6, 6.07) is 19.0. The number of hydrogen-bond acceptors (Lipinski definition) is 3. The van der Waals surface area contributed by atoms with Gasteiger partial charge in [-0.15, -0.1) is 0 Å². The average Bonchev–Trinajstić information content (AvgIpc) is 2.90. The topological polar surface area (TPSA) is 53.4 Å². The van der Waals surface area contributed by atoms with Crippen LogP contribution in [-0.2, 0) is 4.74 Å². The second kappa shape index (κ2) is 5.45. The molecule has 1 atom stereocenters. The molecule has 0 radical (unpaired) electrons. The first-order valence-corrected chi connectivity index (χ1v) is 7.47. The Bertz CT molecular complexity index is 953. The highest BCUT2D eigenvalue weighted by molar-refractivity contribution is 6.19. The van der Waals surface area contributed by atoms with Crippen LogP contribution in [0.25, 0.3) is 10.8 Å². The summed E-state index contributed by atoms with van der Waals surface area (Å²) in [7, 11) is 0. The highest BCUT2D eigenvalue weighted by Crippen LogP contribution is 2.33. The normalized spacial score (nSPS) is 17.4. The molecular formula is C19H13FN2O2. The van der Waals surface area contributed by atoms with E-state index in [4.69, 9.17) is 10.1 Å². The van der Waals surface area contributed by atoms with Crippen LogP contribution < -0.4 is 4.90 Å². The first-order chi connectivity index (χ1) is 11.6. The number of amidine groups is 1. The molecule has 1 aliphatic rings. The number of carbonyl (C=O) groups excluding carboxylic acids is 1. The summed E-state index contributed by atoms with van der Waals surface area (Å²) in [5, 5.41) is 10.4. The zero-order valence-corrected chi connectivity index (χ0v) is 12.6. The summed E-state index contributed by atoms with van der Waals surface area (Å²) >= 11 is 0. The van der Waals surface area contributed by atoms with Gasteiger partial charge in [0.15, 0.2) is 11.9 Å². The minimum atomic E-state index is -0.771. The molecule has 0 aromatic heterocycles. The molecule has 118 valence electrons. The fourth-order valence-electron chi connectivity index (χ4n) is 2.86. The highest BCUT2D eigenvalue weighted by Gasteiger charge is 2.39. The van der Waals surface area contributed by atoms with Crippen molar-refractivity contribution >= 4 is 28.4 Å². The lowest BCUT2D eigenvalue weighted by molar-refractivity contribution is 0.152. The molecule has 24 heavy (non-hydrogen) atoms. The molecule has 1 amide bonds. The SMILES string of the molecule is N=C1C(c2ccc3ccccc3c2)OC(=O)N1c1ccc(F)cc1. The van der Waals surface area contributed by atoms with Crippen molar-refractivity contribution in [3.8, 4) is 0 Å². The van der Waals surface area contributed by atoms with Crippen molar-refractivity contribution in [1.29, 1.82) is 5.41 Å². The molecule has 0 spiro atoms.